The largest absolute Gasteiger partial charge is 0.378 e. The van der Waals surface area contributed by atoms with Crippen molar-refractivity contribution in [2.24, 2.45) is 0 Å². The Hall–Kier alpha value is -2.59. The average Bonchev–Trinajstić information content (AvgIpc) is 3.12. The lowest BCUT2D eigenvalue weighted by atomic mass is 10.2. The van der Waals surface area contributed by atoms with Crippen molar-refractivity contribution in [3.8, 4) is 0 Å². The third-order valence-corrected chi connectivity index (χ3v) is 4.38. The summed E-state index contributed by atoms with van der Waals surface area (Å²) in [5.41, 5.74) is 4.36. The van der Waals surface area contributed by atoms with Crippen LogP contribution in [0.25, 0.3) is 0 Å². The van der Waals surface area contributed by atoms with Crippen LogP contribution in [-0.2, 0) is 4.74 Å². The molecule has 0 saturated carbocycles. The van der Waals surface area contributed by atoms with E-state index in [9.17, 15) is 18.4 Å². The lowest BCUT2D eigenvalue weighted by molar-refractivity contribution is 0.0844. The Morgan fingerprint density at radius 2 is 1.84 bits per heavy atom. The molecule has 1 aliphatic rings. The van der Waals surface area contributed by atoms with Crippen molar-refractivity contribution in [2.75, 3.05) is 31.2 Å². The zero-order chi connectivity index (χ0) is 17.8. The summed E-state index contributed by atoms with van der Waals surface area (Å²) in [6.45, 7) is 2.60. The van der Waals surface area contributed by atoms with Crippen LogP contribution in [0.5, 0.6) is 0 Å². The standard InChI is InChI=1S/C15H14F2N4O3S/c16-10-2-1-9(7-11(10)17)13(22)19-20-14(23)12-8-25-15(18-12)21-3-5-24-6-4-21/h1-2,7-8H,3-6H2,(H,19,22)(H,20,23). The Morgan fingerprint density at radius 3 is 2.56 bits per heavy atom. The molecule has 1 aromatic carbocycles. The minimum Gasteiger partial charge on any atom is -0.378 e. The van der Waals surface area contributed by atoms with Gasteiger partial charge in [0.05, 0.1) is 13.2 Å². The van der Waals surface area contributed by atoms with Crippen molar-refractivity contribution >= 4 is 28.3 Å². The van der Waals surface area contributed by atoms with Crippen molar-refractivity contribution in [1.82, 2.24) is 15.8 Å². The van der Waals surface area contributed by atoms with E-state index in [0.717, 1.165) is 18.2 Å². The van der Waals surface area contributed by atoms with E-state index >= 15 is 0 Å². The van der Waals surface area contributed by atoms with Crippen LogP contribution in [-0.4, -0.2) is 43.1 Å². The number of hydrogen-bond donors (Lipinski definition) is 2. The molecule has 0 spiro atoms. The van der Waals surface area contributed by atoms with Crippen molar-refractivity contribution in [1.29, 1.82) is 0 Å². The fraction of sp³-hybridized carbons (Fsp3) is 0.267. The van der Waals surface area contributed by atoms with Gasteiger partial charge >= 0.3 is 0 Å². The monoisotopic (exact) mass is 368 g/mol. The highest BCUT2D eigenvalue weighted by molar-refractivity contribution is 7.13. The van der Waals surface area contributed by atoms with Gasteiger partial charge in [-0.15, -0.1) is 11.3 Å². The number of aromatic nitrogens is 1. The molecule has 2 heterocycles. The molecule has 0 unspecified atom stereocenters. The Kier molecular flexibility index (Phi) is 5.19. The molecule has 3 rings (SSSR count). The van der Waals surface area contributed by atoms with Gasteiger partial charge in [0.1, 0.15) is 5.69 Å². The number of benzene rings is 1. The quantitative estimate of drug-likeness (QED) is 0.799. The number of amides is 2. The predicted molar refractivity (Wildman–Crippen MR) is 86.4 cm³/mol. The smallest absolute Gasteiger partial charge is 0.289 e. The van der Waals surface area contributed by atoms with Gasteiger partial charge in [0.15, 0.2) is 16.8 Å². The third-order valence-electron chi connectivity index (χ3n) is 3.48. The maximum absolute atomic E-state index is 13.1. The lowest BCUT2D eigenvalue weighted by Gasteiger charge is -2.25. The topological polar surface area (TPSA) is 83.6 Å². The summed E-state index contributed by atoms with van der Waals surface area (Å²) in [4.78, 5) is 30.1. The zero-order valence-corrected chi connectivity index (χ0v) is 13.7. The van der Waals surface area contributed by atoms with E-state index in [2.05, 4.69) is 15.8 Å². The fourth-order valence-corrected chi connectivity index (χ4v) is 3.02. The molecule has 1 saturated heterocycles. The summed E-state index contributed by atoms with van der Waals surface area (Å²) < 4.78 is 31.2. The number of carbonyl (C=O) groups is 2. The van der Waals surface area contributed by atoms with Crippen molar-refractivity contribution in [2.45, 2.75) is 0 Å². The Morgan fingerprint density at radius 1 is 1.12 bits per heavy atom. The van der Waals surface area contributed by atoms with Gasteiger partial charge in [-0.3, -0.25) is 20.4 Å². The van der Waals surface area contributed by atoms with Crippen LogP contribution in [0, 0.1) is 11.6 Å². The number of rotatable bonds is 3. The second-order valence-electron chi connectivity index (χ2n) is 5.15. The molecule has 10 heteroatoms. The first-order valence-electron chi connectivity index (χ1n) is 7.38. The van der Waals surface area contributed by atoms with Crippen LogP contribution < -0.4 is 15.8 Å². The molecular formula is C15H14F2N4O3S. The SMILES string of the molecule is O=C(NNC(=O)c1csc(N2CCOCC2)n1)c1ccc(F)c(F)c1. The number of halogens is 2. The number of morpholine rings is 1. The van der Waals surface area contributed by atoms with Gasteiger partial charge in [0.25, 0.3) is 11.8 Å². The summed E-state index contributed by atoms with van der Waals surface area (Å²) in [7, 11) is 0. The number of carbonyl (C=O) groups excluding carboxylic acids is 2. The van der Waals surface area contributed by atoms with E-state index in [4.69, 9.17) is 4.74 Å². The number of hydrazine groups is 1. The maximum atomic E-state index is 13.1. The number of anilines is 1. The van der Waals surface area contributed by atoms with Crippen molar-refractivity contribution in [3.05, 3.63) is 46.5 Å². The minimum absolute atomic E-state index is 0.119. The molecule has 0 bridgehead atoms. The number of nitrogens with one attached hydrogen (secondary N) is 2. The van der Waals surface area contributed by atoms with Gasteiger partial charge in [-0.25, -0.2) is 13.8 Å². The number of nitrogens with zero attached hydrogens (tertiary/aromatic N) is 2. The van der Waals surface area contributed by atoms with Crippen LogP contribution in [0.4, 0.5) is 13.9 Å². The van der Waals surface area contributed by atoms with Crippen LogP contribution in [0.1, 0.15) is 20.8 Å². The molecule has 2 amide bonds. The number of ether oxygens (including phenoxy) is 1. The molecule has 1 aliphatic heterocycles. The van der Waals surface area contributed by atoms with Gasteiger partial charge in [-0.1, -0.05) is 0 Å². The van der Waals surface area contributed by atoms with Crippen LogP contribution in [0.2, 0.25) is 0 Å². The molecule has 132 valence electrons. The first-order valence-corrected chi connectivity index (χ1v) is 8.26. The van der Waals surface area contributed by atoms with E-state index in [1.807, 2.05) is 4.90 Å². The Labute approximate surface area is 145 Å². The van der Waals surface area contributed by atoms with Gasteiger partial charge in [-0.05, 0) is 18.2 Å². The molecule has 2 N–H and O–H groups in total. The zero-order valence-electron chi connectivity index (χ0n) is 12.9. The van der Waals surface area contributed by atoms with Crippen LogP contribution in [0.15, 0.2) is 23.6 Å². The van der Waals surface area contributed by atoms with Crippen molar-refractivity contribution < 1.29 is 23.1 Å². The second kappa shape index (κ2) is 7.53. The predicted octanol–water partition coefficient (Wildman–Crippen LogP) is 1.33. The highest BCUT2D eigenvalue weighted by atomic mass is 32.1. The average molecular weight is 368 g/mol. The Bertz CT molecular complexity index is 793. The molecule has 7 nitrogen and oxygen atoms in total. The number of hydrogen-bond acceptors (Lipinski definition) is 6. The van der Waals surface area contributed by atoms with E-state index in [0.29, 0.717) is 31.4 Å². The Balaban J connectivity index is 1.57. The summed E-state index contributed by atoms with van der Waals surface area (Å²) >= 11 is 1.31. The minimum atomic E-state index is -1.14. The lowest BCUT2D eigenvalue weighted by Crippen LogP contribution is -2.42. The molecule has 1 fully saturated rings. The first-order chi connectivity index (χ1) is 12.0. The third kappa shape index (κ3) is 4.09. The summed E-state index contributed by atoms with van der Waals surface area (Å²) in [6.07, 6.45) is 0. The molecule has 25 heavy (non-hydrogen) atoms. The molecule has 1 aromatic heterocycles. The van der Waals surface area contributed by atoms with Gasteiger partial charge < -0.3 is 9.64 Å². The molecule has 0 aliphatic carbocycles. The van der Waals surface area contributed by atoms with Crippen molar-refractivity contribution in [3.63, 3.8) is 0 Å². The van der Waals surface area contributed by atoms with E-state index in [1.54, 1.807) is 5.38 Å². The van der Waals surface area contributed by atoms with E-state index in [1.165, 1.54) is 11.3 Å². The van der Waals surface area contributed by atoms with E-state index < -0.39 is 23.4 Å². The molecule has 2 aromatic rings. The van der Waals surface area contributed by atoms with Gasteiger partial charge in [-0.2, -0.15) is 0 Å². The highest BCUT2D eigenvalue weighted by Crippen LogP contribution is 2.21. The summed E-state index contributed by atoms with van der Waals surface area (Å²) in [5, 5.41) is 2.27. The number of thiazole rings is 1. The molecule has 0 radical (unpaired) electrons. The highest BCUT2D eigenvalue weighted by Gasteiger charge is 2.18. The maximum Gasteiger partial charge on any atom is 0.289 e. The second-order valence-corrected chi connectivity index (χ2v) is 5.99. The first kappa shape index (κ1) is 17.2. The normalized spacial score (nSPS) is 14.2. The molecular weight excluding hydrogens is 354 g/mol. The van der Waals surface area contributed by atoms with Gasteiger partial charge in [0, 0.05) is 24.0 Å². The van der Waals surface area contributed by atoms with Crippen LogP contribution in [0.3, 0.4) is 0 Å². The van der Waals surface area contributed by atoms with Gasteiger partial charge in [0.2, 0.25) is 0 Å². The molecule has 0 atom stereocenters. The summed E-state index contributed by atoms with van der Waals surface area (Å²) in [6, 6.07) is 2.69. The van der Waals surface area contributed by atoms with E-state index in [-0.39, 0.29) is 11.3 Å². The fourth-order valence-electron chi connectivity index (χ4n) is 2.16. The van der Waals surface area contributed by atoms with Crippen LogP contribution >= 0.6 is 11.3 Å². The summed E-state index contributed by atoms with van der Waals surface area (Å²) in [5.74, 6) is -3.57.